The Labute approximate surface area is 156 Å². The fourth-order valence-corrected chi connectivity index (χ4v) is 3.94. The number of carbonyl (C=O) groups excluding carboxylic acids is 1. The van der Waals surface area contributed by atoms with Crippen molar-refractivity contribution in [3.63, 3.8) is 0 Å². The molecule has 0 spiro atoms. The quantitative estimate of drug-likeness (QED) is 0.591. The minimum absolute atomic E-state index is 0.0606. The number of allylic oxidation sites excluding steroid dienone is 3. The SMILES string of the molecule is C=C(/C=C\C=C/CCl)C1CCCN1C(=O)c1csc(-c2cn[nH]c2)c1. The van der Waals surface area contributed by atoms with Gasteiger partial charge in [-0.3, -0.25) is 9.89 Å². The maximum Gasteiger partial charge on any atom is 0.255 e. The van der Waals surface area contributed by atoms with Gasteiger partial charge in [0.05, 0.1) is 17.8 Å². The average molecular weight is 374 g/mol. The fourth-order valence-electron chi connectivity index (χ4n) is 2.97. The summed E-state index contributed by atoms with van der Waals surface area (Å²) in [7, 11) is 0. The molecule has 1 aliphatic rings. The predicted molar refractivity (Wildman–Crippen MR) is 104 cm³/mol. The summed E-state index contributed by atoms with van der Waals surface area (Å²) >= 11 is 7.17. The zero-order valence-corrected chi connectivity index (χ0v) is 15.4. The Morgan fingerprint density at radius 2 is 2.40 bits per heavy atom. The summed E-state index contributed by atoms with van der Waals surface area (Å²) in [6, 6.07) is 2.00. The van der Waals surface area contributed by atoms with Crippen LogP contribution in [0.3, 0.4) is 0 Å². The number of nitrogens with zero attached hydrogens (tertiary/aromatic N) is 2. The van der Waals surface area contributed by atoms with E-state index in [9.17, 15) is 4.79 Å². The topological polar surface area (TPSA) is 49.0 Å². The molecule has 0 saturated carbocycles. The van der Waals surface area contributed by atoms with Crippen LogP contribution in [0.2, 0.25) is 0 Å². The summed E-state index contributed by atoms with van der Waals surface area (Å²) in [6.07, 6.45) is 13.2. The van der Waals surface area contributed by atoms with Crippen molar-refractivity contribution in [2.24, 2.45) is 0 Å². The molecule has 3 rings (SSSR count). The van der Waals surface area contributed by atoms with Gasteiger partial charge in [-0.05, 0) is 24.5 Å². The lowest BCUT2D eigenvalue weighted by molar-refractivity contribution is 0.0758. The van der Waals surface area contributed by atoms with E-state index in [0.29, 0.717) is 5.88 Å². The minimum Gasteiger partial charge on any atom is -0.332 e. The molecule has 130 valence electrons. The number of hydrogen-bond acceptors (Lipinski definition) is 3. The first-order chi connectivity index (χ1) is 12.2. The van der Waals surface area contributed by atoms with Crippen LogP contribution in [0.4, 0.5) is 0 Å². The van der Waals surface area contributed by atoms with Gasteiger partial charge in [0.15, 0.2) is 0 Å². The number of rotatable bonds is 6. The fraction of sp³-hybridized carbons (Fsp3) is 0.263. The number of nitrogens with one attached hydrogen (secondary N) is 1. The third kappa shape index (κ3) is 4.11. The maximum absolute atomic E-state index is 12.9. The van der Waals surface area contributed by atoms with Gasteiger partial charge in [-0.15, -0.1) is 22.9 Å². The molecule has 0 aliphatic carbocycles. The highest BCUT2D eigenvalue weighted by molar-refractivity contribution is 7.13. The Hall–Kier alpha value is -2.11. The van der Waals surface area contributed by atoms with Crippen LogP contribution in [0.15, 0.2) is 60.3 Å². The average Bonchev–Trinajstić information content (AvgIpc) is 3.37. The van der Waals surface area contributed by atoms with E-state index in [0.717, 1.165) is 41.0 Å². The number of H-pyrrole nitrogens is 1. The van der Waals surface area contributed by atoms with E-state index in [1.807, 2.05) is 46.8 Å². The molecule has 0 aromatic carbocycles. The molecule has 2 aromatic heterocycles. The highest BCUT2D eigenvalue weighted by Gasteiger charge is 2.30. The summed E-state index contributed by atoms with van der Waals surface area (Å²) in [5, 5.41) is 8.68. The number of amides is 1. The van der Waals surface area contributed by atoms with Crippen molar-refractivity contribution in [1.29, 1.82) is 0 Å². The van der Waals surface area contributed by atoms with Crippen molar-refractivity contribution in [3.8, 4) is 10.4 Å². The van der Waals surface area contributed by atoms with Crippen LogP contribution < -0.4 is 0 Å². The third-order valence-corrected chi connectivity index (χ3v) is 5.37. The molecule has 1 amide bonds. The minimum atomic E-state index is 0.0606. The number of aromatic nitrogens is 2. The summed E-state index contributed by atoms with van der Waals surface area (Å²) in [4.78, 5) is 15.9. The normalized spacial score (nSPS) is 17.8. The first-order valence-corrected chi connectivity index (χ1v) is 9.58. The van der Waals surface area contributed by atoms with E-state index in [2.05, 4.69) is 16.8 Å². The van der Waals surface area contributed by atoms with Crippen molar-refractivity contribution >= 4 is 28.8 Å². The molecule has 1 aliphatic heterocycles. The second-order valence-corrected chi connectivity index (χ2v) is 7.08. The number of hydrogen-bond donors (Lipinski definition) is 1. The van der Waals surface area contributed by atoms with Gasteiger partial charge in [0.2, 0.25) is 0 Å². The molecule has 0 bridgehead atoms. The van der Waals surface area contributed by atoms with Gasteiger partial charge in [-0.25, -0.2) is 0 Å². The predicted octanol–water partition coefficient (Wildman–Crippen LogP) is 4.65. The molecule has 4 nitrogen and oxygen atoms in total. The van der Waals surface area contributed by atoms with Gasteiger partial charge in [-0.1, -0.05) is 30.9 Å². The Morgan fingerprint density at radius 1 is 1.52 bits per heavy atom. The van der Waals surface area contributed by atoms with Crippen LogP contribution in [-0.4, -0.2) is 39.5 Å². The number of halogens is 1. The third-order valence-electron chi connectivity index (χ3n) is 4.22. The summed E-state index contributed by atoms with van der Waals surface area (Å²) < 4.78 is 0. The number of alkyl halides is 1. The van der Waals surface area contributed by atoms with Crippen molar-refractivity contribution in [2.45, 2.75) is 18.9 Å². The summed E-state index contributed by atoms with van der Waals surface area (Å²) in [5.41, 5.74) is 2.68. The maximum atomic E-state index is 12.9. The Balaban J connectivity index is 1.71. The second kappa shape index (κ2) is 8.32. The molecule has 1 N–H and O–H groups in total. The summed E-state index contributed by atoms with van der Waals surface area (Å²) in [5.74, 6) is 0.557. The van der Waals surface area contributed by atoms with Crippen LogP contribution in [0, 0.1) is 0 Å². The van der Waals surface area contributed by atoms with E-state index in [-0.39, 0.29) is 11.9 Å². The van der Waals surface area contributed by atoms with Gasteiger partial charge in [0.1, 0.15) is 0 Å². The zero-order valence-electron chi connectivity index (χ0n) is 13.8. The Bertz CT molecular complexity index is 791. The lowest BCUT2D eigenvalue weighted by Crippen LogP contribution is -2.36. The monoisotopic (exact) mass is 373 g/mol. The lowest BCUT2D eigenvalue weighted by Gasteiger charge is -2.25. The molecule has 1 unspecified atom stereocenters. The number of carbonyl (C=O) groups is 1. The number of likely N-dealkylation sites (tertiary alicyclic amines) is 1. The van der Waals surface area contributed by atoms with Gasteiger partial charge >= 0.3 is 0 Å². The van der Waals surface area contributed by atoms with Crippen LogP contribution in [0.5, 0.6) is 0 Å². The van der Waals surface area contributed by atoms with Gasteiger partial charge in [0, 0.05) is 34.4 Å². The number of aromatic amines is 1. The van der Waals surface area contributed by atoms with E-state index in [1.54, 1.807) is 17.5 Å². The van der Waals surface area contributed by atoms with Crippen molar-refractivity contribution in [3.05, 3.63) is 65.9 Å². The molecular weight excluding hydrogens is 354 g/mol. The first kappa shape index (κ1) is 17.7. The van der Waals surface area contributed by atoms with Crippen LogP contribution in [0.25, 0.3) is 10.4 Å². The van der Waals surface area contributed by atoms with Crippen molar-refractivity contribution in [1.82, 2.24) is 15.1 Å². The van der Waals surface area contributed by atoms with Crippen LogP contribution >= 0.6 is 22.9 Å². The van der Waals surface area contributed by atoms with E-state index in [1.165, 1.54) is 0 Å². The Kier molecular flexibility index (Phi) is 5.89. The highest BCUT2D eigenvalue weighted by atomic mass is 35.5. The molecule has 1 atom stereocenters. The highest BCUT2D eigenvalue weighted by Crippen LogP contribution is 2.30. The molecule has 25 heavy (non-hydrogen) atoms. The van der Waals surface area contributed by atoms with Gasteiger partial charge in [-0.2, -0.15) is 5.10 Å². The molecule has 2 aromatic rings. The van der Waals surface area contributed by atoms with E-state index in [4.69, 9.17) is 11.6 Å². The lowest BCUT2D eigenvalue weighted by atomic mass is 10.1. The first-order valence-electron chi connectivity index (χ1n) is 8.17. The van der Waals surface area contributed by atoms with Crippen molar-refractivity contribution < 1.29 is 4.79 Å². The molecule has 1 fully saturated rings. The number of thiophene rings is 1. The largest absolute Gasteiger partial charge is 0.332 e. The second-order valence-electron chi connectivity index (χ2n) is 5.86. The molecule has 0 radical (unpaired) electrons. The van der Waals surface area contributed by atoms with E-state index >= 15 is 0 Å². The summed E-state index contributed by atoms with van der Waals surface area (Å²) in [6.45, 7) is 4.92. The van der Waals surface area contributed by atoms with Crippen LogP contribution in [0.1, 0.15) is 23.2 Å². The molecular formula is C19H20ClN3OS. The van der Waals surface area contributed by atoms with Crippen LogP contribution in [-0.2, 0) is 0 Å². The molecule has 3 heterocycles. The Morgan fingerprint density at radius 3 is 3.16 bits per heavy atom. The zero-order chi connectivity index (χ0) is 17.6. The standard InChI is InChI=1S/C19H20ClN3OS/c1-14(6-3-2-4-8-20)17-7-5-9-23(17)19(24)15-10-18(25-13-15)16-11-21-22-12-16/h2-4,6,10-13,17H,1,5,7-9H2,(H,21,22)/b4-2-,6-3-. The molecule has 1 saturated heterocycles. The van der Waals surface area contributed by atoms with Gasteiger partial charge in [0.25, 0.3) is 5.91 Å². The van der Waals surface area contributed by atoms with Crippen molar-refractivity contribution in [2.75, 3.05) is 12.4 Å². The van der Waals surface area contributed by atoms with E-state index < -0.39 is 0 Å². The molecule has 6 heteroatoms. The van der Waals surface area contributed by atoms with Gasteiger partial charge < -0.3 is 4.90 Å². The smallest absolute Gasteiger partial charge is 0.255 e.